The van der Waals surface area contributed by atoms with Gasteiger partial charge in [-0.2, -0.15) is 0 Å². The normalized spacial score (nSPS) is 10.6. The van der Waals surface area contributed by atoms with Gasteiger partial charge in [-0.3, -0.25) is 0 Å². The van der Waals surface area contributed by atoms with Gasteiger partial charge in [-0.25, -0.2) is 0 Å². The molecule has 0 aliphatic carbocycles. The molecule has 1 aromatic heterocycles. The van der Waals surface area contributed by atoms with Crippen LogP contribution in [-0.2, 0) is 0 Å². The van der Waals surface area contributed by atoms with Crippen LogP contribution in [0.25, 0.3) is 22.2 Å². The van der Waals surface area contributed by atoms with Crippen LogP contribution in [0.3, 0.4) is 0 Å². The van der Waals surface area contributed by atoms with E-state index in [-0.39, 0.29) is 0 Å². The van der Waals surface area contributed by atoms with Gasteiger partial charge in [-0.1, -0.05) is 42.5 Å². The Bertz CT molecular complexity index is 665. The van der Waals surface area contributed by atoms with Gasteiger partial charge in [0.2, 0.25) is 0 Å². The molecule has 0 saturated carbocycles. The van der Waals surface area contributed by atoms with E-state index in [1.165, 1.54) is 6.33 Å². The second-order valence-corrected chi connectivity index (χ2v) is 3.82. The highest BCUT2D eigenvalue weighted by Gasteiger charge is 2.15. The molecule has 0 atom stereocenters. The number of benzene rings is 2. The molecular formula is C14H11N2O+. The third-order valence-electron chi connectivity index (χ3n) is 2.74. The van der Waals surface area contributed by atoms with E-state index < -0.39 is 0 Å². The average Bonchev–Trinajstić information content (AvgIpc) is 2.39. The summed E-state index contributed by atoms with van der Waals surface area (Å²) in [5.41, 5.74) is 2.60. The predicted molar refractivity (Wildman–Crippen MR) is 64.6 cm³/mol. The lowest BCUT2D eigenvalue weighted by Crippen LogP contribution is -2.33. The molecule has 3 heteroatoms. The largest absolute Gasteiger partial charge is 0.349 e. The van der Waals surface area contributed by atoms with Crippen molar-refractivity contribution in [3.63, 3.8) is 0 Å². The maximum Gasteiger partial charge on any atom is 0.326 e. The highest BCUT2D eigenvalue weighted by molar-refractivity contribution is 5.90. The van der Waals surface area contributed by atoms with E-state index in [1.54, 1.807) is 0 Å². The zero-order valence-corrected chi connectivity index (χ0v) is 9.12. The lowest BCUT2D eigenvalue weighted by atomic mass is 10.1. The molecule has 0 amide bonds. The molecule has 0 aliphatic rings. The summed E-state index contributed by atoms with van der Waals surface area (Å²) in [6, 6.07) is 17.5. The van der Waals surface area contributed by atoms with Crippen LogP contribution in [0.15, 0.2) is 60.9 Å². The van der Waals surface area contributed by atoms with Crippen LogP contribution in [0.2, 0.25) is 0 Å². The van der Waals surface area contributed by atoms with Crippen molar-refractivity contribution >= 4 is 10.9 Å². The Morgan fingerprint density at radius 3 is 2.41 bits per heavy atom. The van der Waals surface area contributed by atoms with Gasteiger partial charge in [-0.05, 0) is 21.8 Å². The summed E-state index contributed by atoms with van der Waals surface area (Å²) in [4.78, 5) is 4.18. The fourth-order valence-corrected chi connectivity index (χ4v) is 1.97. The SMILES string of the molecule is O[n+]1cnc2ccccc2c1-c1ccccc1. The maximum absolute atomic E-state index is 9.92. The summed E-state index contributed by atoms with van der Waals surface area (Å²) in [6.45, 7) is 0. The van der Waals surface area contributed by atoms with E-state index in [0.29, 0.717) is 0 Å². The summed E-state index contributed by atoms with van der Waals surface area (Å²) in [7, 11) is 0. The van der Waals surface area contributed by atoms with Gasteiger partial charge < -0.3 is 5.21 Å². The standard InChI is InChI=1S/C14H11N2O/c17-16-10-15-13-9-5-4-8-12(13)14(16)11-6-2-1-3-7-11/h1-10,17H/q+1. The van der Waals surface area contributed by atoms with Gasteiger partial charge in [0, 0.05) is 5.56 Å². The van der Waals surface area contributed by atoms with E-state index in [4.69, 9.17) is 0 Å². The smallest absolute Gasteiger partial charge is 0.326 e. The molecule has 2 aromatic carbocycles. The summed E-state index contributed by atoms with van der Waals surface area (Å²) in [6.07, 6.45) is 1.42. The first-order valence-corrected chi connectivity index (χ1v) is 5.40. The van der Waals surface area contributed by atoms with Gasteiger partial charge in [0.05, 0.1) is 5.39 Å². The summed E-state index contributed by atoms with van der Waals surface area (Å²) in [5, 5.41) is 10.9. The van der Waals surface area contributed by atoms with Crippen molar-refractivity contribution < 1.29 is 9.94 Å². The quantitative estimate of drug-likeness (QED) is 0.508. The number of rotatable bonds is 1. The molecule has 0 fully saturated rings. The summed E-state index contributed by atoms with van der Waals surface area (Å²) in [5.74, 6) is 0. The topological polar surface area (TPSA) is 37.0 Å². The van der Waals surface area contributed by atoms with E-state index in [9.17, 15) is 5.21 Å². The number of hydrogen-bond acceptors (Lipinski definition) is 2. The van der Waals surface area contributed by atoms with E-state index in [1.807, 2.05) is 54.6 Å². The van der Waals surface area contributed by atoms with Gasteiger partial charge in [0.15, 0.2) is 11.2 Å². The number of aromatic nitrogens is 2. The van der Waals surface area contributed by atoms with Crippen molar-refractivity contribution in [1.29, 1.82) is 0 Å². The minimum Gasteiger partial charge on any atom is -0.349 e. The van der Waals surface area contributed by atoms with Crippen molar-refractivity contribution in [3.8, 4) is 11.3 Å². The van der Waals surface area contributed by atoms with Gasteiger partial charge in [0.25, 0.3) is 0 Å². The van der Waals surface area contributed by atoms with Crippen molar-refractivity contribution in [2.45, 2.75) is 0 Å². The molecule has 1 N–H and O–H groups in total. The Balaban J connectivity index is 2.39. The number of hydrogen-bond donors (Lipinski definition) is 1. The van der Waals surface area contributed by atoms with Gasteiger partial charge in [-0.15, -0.1) is 0 Å². The van der Waals surface area contributed by atoms with Crippen LogP contribution in [-0.4, -0.2) is 10.2 Å². The molecule has 82 valence electrons. The molecule has 0 unspecified atom stereocenters. The predicted octanol–water partition coefficient (Wildman–Crippen LogP) is 2.43. The van der Waals surface area contributed by atoms with Gasteiger partial charge >= 0.3 is 6.33 Å². The fraction of sp³-hybridized carbons (Fsp3) is 0. The van der Waals surface area contributed by atoms with Crippen molar-refractivity contribution in [2.24, 2.45) is 0 Å². The van der Waals surface area contributed by atoms with Crippen molar-refractivity contribution in [1.82, 2.24) is 4.98 Å². The maximum atomic E-state index is 9.92. The molecule has 0 bridgehead atoms. The fourth-order valence-electron chi connectivity index (χ4n) is 1.97. The van der Waals surface area contributed by atoms with Crippen molar-refractivity contribution in [2.75, 3.05) is 0 Å². The van der Waals surface area contributed by atoms with Crippen molar-refractivity contribution in [3.05, 3.63) is 60.9 Å². The minimum atomic E-state index is 0.760. The van der Waals surface area contributed by atoms with E-state index >= 15 is 0 Å². The molecule has 17 heavy (non-hydrogen) atoms. The first-order valence-electron chi connectivity index (χ1n) is 5.40. The Morgan fingerprint density at radius 1 is 0.882 bits per heavy atom. The lowest BCUT2D eigenvalue weighted by Gasteiger charge is -2.02. The Hall–Kier alpha value is -2.42. The van der Waals surface area contributed by atoms with Crippen LogP contribution in [0.1, 0.15) is 0 Å². The third-order valence-corrected chi connectivity index (χ3v) is 2.74. The van der Waals surface area contributed by atoms with Gasteiger partial charge in [0.1, 0.15) is 0 Å². The zero-order valence-electron chi connectivity index (χ0n) is 9.12. The van der Waals surface area contributed by atoms with Crippen LogP contribution in [0.4, 0.5) is 0 Å². The molecule has 3 rings (SSSR count). The highest BCUT2D eigenvalue weighted by Crippen LogP contribution is 2.22. The Morgan fingerprint density at radius 2 is 1.59 bits per heavy atom. The highest BCUT2D eigenvalue weighted by atomic mass is 16.5. The first-order chi connectivity index (χ1) is 8.36. The van der Waals surface area contributed by atoms with E-state index in [2.05, 4.69) is 4.98 Å². The minimum absolute atomic E-state index is 0.760. The number of nitrogens with zero attached hydrogens (tertiary/aromatic N) is 2. The first kappa shape index (κ1) is 9.78. The molecule has 0 saturated heterocycles. The summed E-state index contributed by atoms with van der Waals surface area (Å²) >= 11 is 0. The molecule has 0 aliphatic heterocycles. The van der Waals surface area contributed by atoms with Crippen LogP contribution in [0.5, 0.6) is 0 Å². The molecule has 0 radical (unpaired) electrons. The Kier molecular flexibility index (Phi) is 2.22. The second kappa shape index (κ2) is 3.87. The lowest BCUT2D eigenvalue weighted by molar-refractivity contribution is -0.897. The zero-order chi connectivity index (χ0) is 11.7. The van der Waals surface area contributed by atoms with Crippen LogP contribution < -0.4 is 4.73 Å². The molecule has 1 heterocycles. The molecule has 3 nitrogen and oxygen atoms in total. The number of fused-ring (bicyclic) bond motifs is 1. The average molecular weight is 223 g/mol. The van der Waals surface area contributed by atoms with Crippen LogP contribution >= 0.6 is 0 Å². The van der Waals surface area contributed by atoms with E-state index in [0.717, 1.165) is 26.9 Å². The molecule has 0 spiro atoms. The molecule has 3 aromatic rings. The van der Waals surface area contributed by atoms with Crippen LogP contribution in [0, 0.1) is 0 Å². The monoisotopic (exact) mass is 223 g/mol. The Labute approximate surface area is 98.6 Å². The second-order valence-electron chi connectivity index (χ2n) is 3.82. The number of para-hydroxylation sites is 1. The molecular weight excluding hydrogens is 212 g/mol. The third kappa shape index (κ3) is 1.61. The summed E-state index contributed by atoms with van der Waals surface area (Å²) < 4.78 is 1.07.